The monoisotopic (exact) mass is 426 g/mol. The number of ether oxygens (including phenoxy) is 2. The molecule has 1 unspecified atom stereocenters. The van der Waals surface area contributed by atoms with Gasteiger partial charge in [0, 0.05) is 5.56 Å². The zero-order valence-electron chi connectivity index (χ0n) is 10.2. The lowest BCUT2D eigenvalue weighted by molar-refractivity contribution is -0.281. The number of hydrogen-bond acceptors (Lipinski definition) is 2. The van der Waals surface area contributed by atoms with E-state index >= 15 is 0 Å². The van der Waals surface area contributed by atoms with Crippen molar-refractivity contribution >= 4 is 31.9 Å². The minimum atomic E-state index is -5.69. The molecule has 0 amide bonds. The van der Waals surface area contributed by atoms with E-state index in [-0.39, 0.29) is 17.1 Å². The Morgan fingerprint density at radius 2 is 1.50 bits per heavy atom. The molecule has 114 valence electrons. The van der Waals surface area contributed by atoms with Crippen LogP contribution in [-0.4, -0.2) is 26.3 Å². The Hall–Kier alpha value is -0.570. The van der Waals surface area contributed by atoms with Gasteiger partial charge in [-0.05, 0) is 28.1 Å². The molecular formula is C11H9Br2F5O2. The molecule has 0 aliphatic rings. The quantitative estimate of drug-likeness (QED) is 0.491. The summed E-state index contributed by atoms with van der Waals surface area (Å²) >= 11 is 5.49. The Labute approximate surface area is 128 Å². The Morgan fingerprint density at radius 3 is 1.90 bits per heavy atom. The van der Waals surface area contributed by atoms with Crippen LogP contribution in [0.2, 0.25) is 0 Å². The van der Waals surface area contributed by atoms with Crippen molar-refractivity contribution in [3.8, 4) is 11.5 Å². The number of alkyl halides is 6. The lowest BCUT2D eigenvalue weighted by Crippen LogP contribution is -2.40. The van der Waals surface area contributed by atoms with Gasteiger partial charge in [-0.1, -0.05) is 15.9 Å². The van der Waals surface area contributed by atoms with Crippen molar-refractivity contribution in [2.75, 3.05) is 14.2 Å². The fourth-order valence-corrected chi connectivity index (χ4v) is 2.52. The third-order valence-corrected chi connectivity index (χ3v) is 4.16. The Kier molecular flexibility index (Phi) is 5.29. The summed E-state index contributed by atoms with van der Waals surface area (Å²) in [6.07, 6.45) is -5.69. The second-order valence-corrected chi connectivity index (χ2v) is 5.48. The van der Waals surface area contributed by atoms with E-state index in [2.05, 4.69) is 31.9 Å². The molecule has 0 saturated heterocycles. The molecular weight excluding hydrogens is 419 g/mol. The lowest BCUT2D eigenvalue weighted by atomic mass is 10.0. The van der Waals surface area contributed by atoms with Crippen molar-refractivity contribution in [3.05, 3.63) is 22.2 Å². The van der Waals surface area contributed by atoms with Gasteiger partial charge < -0.3 is 9.47 Å². The zero-order chi connectivity index (χ0) is 15.7. The molecule has 0 aliphatic heterocycles. The predicted octanol–water partition coefficient (Wildman–Crippen LogP) is 5.10. The molecule has 0 bridgehead atoms. The van der Waals surface area contributed by atoms with Crippen molar-refractivity contribution < 1.29 is 31.4 Å². The largest absolute Gasteiger partial charge is 0.496 e. The highest BCUT2D eigenvalue weighted by Gasteiger charge is 2.62. The van der Waals surface area contributed by atoms with Crippen molar-refractivity contribution in [3.63, 3.8) is 0 Å². The van der Waals surface area contributed by atoms with Crippen LogP contribution in [0.4, 0.5) is 22.0 Å². The van der Waals surface area contributed by atoms with Crippen LogP contribution in [0.5, 0.6) is 11.5 Å². The smallest absolute Gasteiger partial charge is 0.454 e. The van der Waals surface area contributed by atoms with E-state index in [9.17, 15) is 22.0 Å². The number of halogens is 7. The zero-order valence-corrected chi connectivity index (χ0v) is 13.4. The average molecular weight is 428 g/mol. The Balaban J connectivity index is 3.38. The van der Waals surface area contributed by atoms with Crippen LogP contribution in [0, 0.1) is 0 Å². The topological polar surface area (TPSA) is 18.5 Å². The molecule has 1 rings (SSSR count). The minimum Gasteiger partial charge on any atom is -0.496 e. The third kappa shape index (κ3) is 3.19. The lowest BCUT2D eigenvalue weighted by Gasteiger charge is -2.26. The molecule has 0 aliphatic carbocycles. The molecule has 0 N–H and O–H groups in total. The maximum absolute atomic E-state index is 13.4. The normalized spacial score (nSPS) is 14.1. The summed E-state index contributed by atoms with van der Waals surface area (Å²) in [5.74, 6) is -4.97. The van der Waals surface area contributed by atoms with E-state index in [1.165, 1.54) is 20.3 Å². The van der Waals surface area contributed by atoms with Crippen molar-refractivity contribution in [1.82, 2.24) is 0 Å². The number of benzene rings is 1. The molecule has 0 heterocycles. The molecule has 1 aromatic rings. The summed E-state index contributed by atoms with van der Waals surface area (Å²) in [4.78, 5) is -2.30. The summed E-state index contributed by atoms with van der Waals surface area (Å²) in [5, 5.41) is 0. The molecule has 0 fully saturated rings. The third-order valence-electron chi connectivity index (χ3n) is 2.47. The highest BCUT2D eigenvalue weighted by atomic mass is 79.9. The summed E-state index contributed by atoms with van der Waals surface area (Å²) < 4.78 is 74.1. The Morgan fingerprint density at radius 1 is 1.00 bits per heavy atom. The fraction of sp³-hybridized carbons (Fsp3) is 0.455. The van der Waals surface area contributed by atoms with Crippen LogP contribution < -0.4 is 9.47 Å². The maximum atomic E-state index is 13.4. The number of methoxy groups -OCH3 is 2. The fourth-order valence-electron chi connectivity index (χ4n) is 1.42. The predicted molar refractivity (Wildman–Crippen MR) is 69.9 cm³/mol. The summed E-state index contributed by atoms with van der Waals surface area (Å²) in [7, 11) is 2.44. The number of hydrogen-bond donors (Lipinski definition) is 0. The van der Waals surface area contributed by atoms with E-state index < -0.39 is 16.9 Å². The van der Waals surface area contributed by atoms with E-state index in [0.29, 0.717) is 4.47 Å². The molecule has 0 radical (unpaired) electrons. The first-order valence-electron chi connectivity index (χ1n) is 5.06. The van der Waals surface area contributed by atoms with Crippen LogP contribution in [-0.2, 0) is 0 Å². The molecule has 20 heavy (non-hydrogen) atoms. The molecule has 2 nitrogen and oxygen atoms in total. The van der Waals surface area contributed by atoms with Gasteiger partial charge in [0.25, 0.3) is 0 Å². The SMILES string of the molecule is COc1cc(C(Br)C(F)(F)C(F)(F)F)c(OC)cc1Br. The second kappa shape index (κ2) is 6.05. The van der Waals surface area contributed by atoms with Gasteiger partial charge in [-0.3, -0.25) is 0 Å². The molecule has 1 atom stereocenters. The minimum absolute atomic E-state index is 0.114. The van der Waals surface area contributed by atoms with Gasteiger partial charge in [-0.15, -0.1) is 0 Å². The first-order valence-corrected chi connectivity index (χ1v) is 6.77. The maximum Gasteiger partial charge on any atom is 0.454 e. The first-order chi connectivity index (χ1) is 9.06. The van der Waals surface area contributed by atoms with Crippen LogP contribution >= 0.6 is 31.9 Å². The van der Waals surface area contributed by atoms with Gasteiger partial charge in [0.05, 0.1) is 18.7 Å². The van der Waals surface area contributed by atoms with Gasteiger partial charge >= 0.3 is 12.1 Å². The summed E-state index contributed by atoms with van der Waals surface area (Å²) in [5.41, 5.74) is -0.366. The standard InChI is InChI=1S/C11H9Br2F5O2/c1-19-7-4-6(12)8(20-2)3-5(7)9(13)10(14,15)11(16,17)18/h3-4,9H,1-2H3. The van der Waals surface area contributed by atoms with Crippen LogP contribution in [0.15, 0.2) is 16.6 Å². The molecule has 0 aromatic heterocycles. The molecule has 0 spiro atoms. The molecule has 9 heteroatoms. The number of rotatable bonds is 4. The molecule has 0 saturated carbocycles. The van der Waals surface area contributed by atoms with Gasteiger partial charge in [-0.25, -0.2) is 0 Å². The van der Waals surface area contributed by atoms with Crippen molar-refractivity contribution in [2.45, 2.75) is 16.9 Å². The first kappa shape index (κ1) is 17.5. The van der Waals surface area contributed by atoms with Crippen molar-refractivity contribution in [1.29, 1.82) is 0 Å². The van der Waals surface area contributed by atoms with Gasteiger partial charge in [-0.2, -0.15) is 22.0 Å². The van der Waals surface area contributed by atoms with Crippen LogP contribution in [0.25, 0.3) is 0 Å². The van der Waals surface area contributed by atoms with Gasteiger partial charge in [0.2, 0.25) is 0 Å². The highest BCUT2D eigenvalue weighted by Crippen LogP contribution is 2.52. The van der Waals surface area contributed by atoms with E-state index in [0.717, 1.165) is 6.07 Å². The van der Waals surface area contributed by atoms with Gasteiger partial charge in [0.1, 0.15) is 16.3 Å². The van der Waals surface area contributed by atoms with Crippen molar-refractivity contribution in [2.24, 2.45) is 0 Å². The Bertz CT molecular complexity index is 490. The average Bonchev–Trinajstić information content (AvgIpc) is 2.36. The van der Waals surface area contributed by atoms with E-state index in [4.69, 9.17) is 9.47 Å². The van der Waals surface area contributed by atoms with E-state index in [1.54, 1.807) is 0 Å². The molecule has 1 aromatic carbocycles. The highest BCUT2D eigenvalue weighted by molar-refractivity contribution is 9.10. The second-order valence-electron chi connectivity index (χ2n) is 3.71. The van der Waals surface area contributed by atoms with E-state index in [1.807, 2.05) is 0 Å². The van der Waals surface area contributed by atoms with Gasteiger partial charge in [0.15, 0.2) is 0 Å². The summed E-state index contributed by atoms with van der Waals surface area (Å²) in [6.45, 7) is 0. The van der Waals surface area contributed by atoms with Crippen LogP contribution in [0.1, 0.15) is 10.4 Å². The van der Waals surface area contributed by atoms with Crippen LogP contribution in [0.3, 0.4) is 0 Å². The summed E-state index contributed by atoms with van der Waals surface area (Å²) in [6, 6.07) is 2.32.